The zero-order valence-electron chi connectivity index (χ0n) is 9.38. The fourth-order valence-corrected chi connectivity index (χ4v) is 1.43. The summed E-state index contributed by atoms with van der Waals surface area (Å²) in [5, 5.41) is 12.0. The lowest BCUT2D eigenvalue weighted by atomic mass is 10.3. The van der Waals surface area contributed by atoms with Gasteiger partial charge in [0.2, 0.25) is 0 Å². The van der Waals surface area contributed by atoms with E-state index in [1.807, 2.05) is 25.1 Å². The van der Waals surface area contributed by atoms with E-state index >= 15 is 0 Å². The maximum Gasteiger partial charge on any atom is 0.163 e. The molecule has 0 saturated carbocycles. The van der Waals surface area contributed by atoms with Crippen molar-refractivity contribution in [2.45, 2.75) is 13.5 Å². The van der Waals surface area contributed by atoms with Crippen LogP contribution in [0, 0.1) is 18.3 Å². The number of aryl methyl sites for hydroxylation is 1. The predicted octanol–water partition coefficient (Wildman–Crippen LogP) is 1.66. The first kappa shape index (κ1) is 11.0. The average Bonchev–Trinajstić information content (AvgIpc) is 2.37. The second-order valence-corrected chi connectivity index (χ2v) is 3.46. The van der Waals surface area contributed by atoms with Crippen LogP contribution in [-0.2, 0) is 6.54 Å². The number of nitriles is 1. The Morgan fingerprint density at radius 2 is 2.18 bits per heavy atom. The van der Waals surface area contributed by atoms with E-state index in [2.05, 4.69) is 20.3 Å². The number of anilines is 1. The molecule has 0 unspecified atom stereocenters. The fourth-order valence-electron chi connectivity index (χ4n) is 1.43. The van der Waals surface area contributed by atoms with Crippen molar-refractivity contribution in [2.24, 2.45) is 0 Å². The zero-order chi connectivity index (χ0) is 12.1. The molecule has 0 fully saturated rings. The van der Waals surface area contributed by atoms with E-state index in [4.69, 9.17) is 5.26 Å². The molecule has 2 rings (SSSR count). The quantitative estimate of drug-likeness (QED) is 0.859. The standard InChI is InChI=1S/C12H11N5/c1-9-14-6-4-10(17-9)8-16-11-3-2-5-15-12(11)7-13/h2-6,16H,8H2,1H3. The number of pyridine rings is 1. The van der Waals surface area contributed by atoms with Gasteiger partial charge in [0.1, 0.15) is 11.9 Å². The van der Waals surface area contributed by atoms with E-state index in [0.717, 1.165) is 11.5 Å². The van der Waals surface area contributed by atoms with Crippen LogP contribution in [0.1, 0.15) is 17.2 Å². The van der Waals surface area contributed by atoms with Crippen molar-refractivity contribution in [3.05, 3.63) is 47.8 Å². The minimum Gasteiger partial charge on any atom is -0.377 e. The fraction of sp³-hybridized carbons (Fsp3) is 0.167. The van der Waals surface area contributed by atoms with Gasteiger partial charge in [-0.25, -0.2) is 15.0 Å². The van der Waals surface area contributed by atoms with Gasteiger partial charge in [-0.15, -0.1) is 0 Å². The van der Waals surface area contributed by atoms with Crippen LogP contribution in [-0.4, -0.2) is 15.0 Å². The van der Waals surface area contributed by atoms with Crippen molar-refractivity contribution in [3.8, 4) is 6.07 Å². The first-order valence-corrected chi connectivity index (χ1v) is 5.17. The van der Waals surface area contributed by atoms with Crippen LogP contribution < -0.4 is 5.32 Å². The Kier molecular flexibility index (Phi) is 3.26. The van der Waals surface area contributed by atoms with Crippen LogP contribution in [0.2, 0.25) is 0 Å². The van der Waals surface area contributed by atoms with Gasteiger partial charge in [0, 0.05) is 12.4 Å². The summed E-state index contributed by atoms with van der Waals surface area (Å²) in [5.41, 5.74) is 1.98. The molecule has 0 aliphatic rings. The number of hydrogen-bond acceptors (Lipinski definition) is 5. The molecule has 0 aromatic carbocycles. The number of nitrogens with one attached hydrogen (secondary N) is 1. The summed E-state index contributed by atoms with van der Waals surface area (Å²) in [6.07, 6.45) is 3.31. The Morgan fingerprint density at radius 1 is 1.29 bits per heavy atom. The third-order valence-electron chi connectivity index (χ3n) is 2.21. The first-order valence-electron chi connectivity index (χ1n) is 5.17. The van der Waals surface area contributed by atoms with E-state index in [1.165, 1.54) is 0 Å². The lowest BCUT2D eigenvalue weighted by molar-refractivity contribution is 0.953. The van der Waals surface area contributed by atoms with Gasteiger partial charge in [-0.05, 0) is 25.1 Å². The molecule has 2 aromatic heterocycles. The molecular formula is C12H11N5. The Labute approximate surface area is 99.2 Å². The second kappa shape index (κ2) is 5.03. The Bertz CT molecular complexity index is 559. The van der Waals surface area contributed by atoms with Gasteiger partial charge < -0.3 is 5.32 Å². The molecule has 17 heavy (non-hydrogen) atoms. The average molecular weight is 225 g/mol. The van der Waals surface area contributed by atoms with Crippen LogP contribution in [0.25, 0.3) is 0 Å². The highest BCUT2D eigenvalue weighted by atomic mass is 14.9. The summed E-state index contributed by atoms with van der Waals surface area (Å²) in [5.74, 6) is 0.732. The summed E-state index contributed by atoms with van der Waals surface area (Å²) in [6, 6.07) is 7.48. The molecule has 5 nitrogen and oxygen atoms in total. The maximum absolute atomic E-state index is 8.88. The van der Waals surface area contributed by atoms with Gasteiger partial charge in [0.25, 0.3) is 0 Å². The molecular weight excluding hydrogens is 214 g/mol. The predicted molar refractivity (Wildman–Crippen MR) is 63.0 cm³/mol. The van der Waals surface area contributed by atoms with Gasteiger partial charge >= 0.3 is 0 Å². The molecule has 0 aliphatic heterocycles. The third-order valence-corrected chi connectivity index (χ3v) is 2.21. The van der Waals surface area contributed by atoms with Crippen molar-refractivity contribution in [3.63, 3.8) is 0 Å². The normalized spacial score (nSPS) is 9.65. The van der Waals surface area contributed by atoms with Crippen molar-refractivity contribution in [1.82, 2.24) is 15.0 Å². The highest BCUT2D eigenvalue weighted by molar-refractivity contribution is 5.53. The van der Waals surface area contributed by atoms with E-state index in [0.29, 0.717) is 17.9 Å². The van der Waals surface area contributed by atoms with Gasteiger partial charge in [0.15, 0.2) is 5.69 Å². The molecule has 1 N–H and O–H groups in total. The monoisotopic (exact) mass is 225 g/mol. The topological polar surface area (TPSA) is 74.5 Å². The summed E-state index contributed by atoms with van der Waals surface area (Å²) in [7, 11) is 0. The van der Waals surface area contributed by atoms with Crippen LogP contribution in [0.5, 0.6) is 0 Å². The van der Waals surface area contributed by atoms with E-state index in [9.17, 15) is 0 Å². The van der Waals surface area contributed by atoms with Gasteiger partial charge in [0.05, 0.1) is 17.9 Å². The van der Waals surface area contributed by atoms with Crippen LogP contribution in [0.15, 0.2) is 30.6 Å². The van der Waals surface area contributed by atoms with Crippen molar-refractivity contribution in [2.75, 3.05) is 5.32 Å². The molecule has 2 aromatic rings. The molecule has 0 bridgehead atoms. The molecule has 0 radical (unpaired) electrons. The molecule has 0 atom stereocenters. The van der Waals surface area contributed by atoms with Crippen molar-refractivity contribution in [1.29, 1.82) is 5.26 Å². The molecule has 5 heteroatoms. The number of aromatic nitrogens is 3. The molecule has 0 saturated heterocycles. The van der Waals surface area contributed by atoms with Crippen molar-refractivity contribution >= 4 is 5.69 Å². The number of nitrogens with zero attached hydrogens (tertiary/aromatic N) is 4. The third kappa shape index (κ3) is 2.75. The molecule has 2 heterocycles. The Hall–Kier alpha value is -2.48. The van der Waals surface area contributed by atoms with E-state index in [-0.39, 0.29) is 0 Å². The molecule has 0 aliphatic carbocycles. The molecule has 84 valence electrons. The lowest BCUT2D eigenvalue weighted by Gasteiger charge is -2.06. The molecule has 0 spiro atoms. The van der Waals surface area contributed by atoms with Crippen LogP contribution in [0.4, 0.5) is 5.69 Å². The summed E-state index contributed by atoms with van der Waals surface area (Å²) < 4.78 is 0. The van der Waals surface area contributed by atoms with Crippen molar-refractivity contribution < 1.29 is 0 Å². The second-order valence-electron chi connectivity index (χ2n) is 3.46. The Balaban J connectivity index is 2.10. The van der Waals surface area contributed by atoms with E-state index < -0.39 is 0 Å². The molecule has 0 amide bonds. The van der Waals surface area contributed by atoms with Gasteiger partial charge in [-0.3, -0.25) is 0 Å². The highest BCUT2D eigenvalue weighted by Crippen LogP contribution is 2.11. The largest absolute Gasteiger partial charge is 0.377 e. The smallest absolute Gasteiger partial charge is 0.163 e. The first-order chi connectivity index (χ1) is 8.29. The summed E-state index contributed by atoms with van der Waals surface area (Å²) >= 11 is 0. The Morgan fingerprint density at radius 3 is 2.94 bits per heavy atom. The van der Waals surface area contributed by atoms with Gasteiger partial charge in [-0.2, -0.15) is 5.26 Å². The minimum atomic E-state index is 0.387. The lowest BCUT2D eigenvalue weighted by Crippen LogP contribution is -2.05. The van der Waals surface area contributed by atoms with Gasteiger partial charge in [-0.1, -0.05) is 0 Å². The SMILES string of the molecule is Cc1nccc(CNc2cccnc2C#N)n1. The minimum absolute atomic E-state index is 0.387. The maximum atomic E-state index is 8.88. The zero-order valence-corrected chi connectivity index (χ0v) is 9.38. The van der Waals surface area contributed by atoms with Crippen LogP contribution in [0.3, 0.4) is 0 Å². The van der Waals surface area contributed by atoms with Crippen LogP contribution >= 0.6 is 0 Å². The van der Waals surface area contributed by atoms with E-state index in [1.54, 1.807) is 18.5 Å². The summed E-state index contributed by atoms with van der Waals surface area (Å²) in [4.78, 5) is 12.3. The highest BCUT2D eigenvalue weighted by Gasteiger charge is 2.02. The summed E-state index contributed by atoms with van der Waals surface area (Å²) in [6.45, 7) is 2.39. The number of hydrogen-bond donors (Lipinski definition) is 1. The number of rotatable bonds is 3.